The standard InChI is InChI=1S/C14H16F3NO3/c1-8(2)21-13(19)11-12(14(15,16)17)18(11)9-4-6-10(20-3)7-5-9/h4-8,11-12H,1-3H3/t11-,12-,18?/m1/s1. The van der Waals surface area contributed by atoms with Crippen molar-refractivity contribution in [3.05, 3.63) is 24.3 Å². The minimum atomic E-state index is -4.49. The summed E-state index contributed by atoms with van der Waals surface area (Å²) < 4.78 is 48.8. The number of anilines is 1. The molecule has 0 bridgehead atoms. The monoisotopic (exact) mass is 303 g/mol. The molecule has 0 spiro atoms. The van der Waals surface area contributed by atoms with E-state index < -0.39 is 30.3 Å². The number of methoxy groups -OCH3 is 1. The minimum absolute atomic E-state index is 0.309. The van der Waals surface area contributed by atoms with Crippen LogP contribution in [-0.4, -0.2) is 37.4 Å². The molecule has 116 valence electrons. The Hall–Kier alpha value is -1.92. The summed E-state index contributed by atoms with van der Waals surface area (Å²) >= 11 is 0. The molecule has 0 radical (unpaired) electrons. The molecule has 1 heterocycles. The third-order valence-electron chi connectivity index (χ3n) is 3.11. The van der Waals surface area contributed by atoms with E-state index in [4.69, 9.17) is 9.47 Å². The van der Waals surface area contributed by atoms with Crippen LogP contribution in [0.5, 0.6) is 5.75 Å². The van der Waals surface area contributed by atoms with Gasteiger partial charge in [-0.25, -0.2) is 4.79 Å². The molecular formula is C14H16F3NO3. The van der Waals surface area contributed by atoms with E-state index >= 15 is 0 Å². The second kappa shape index (κ2) is 5.46. The van der Waals surface area contributed by atoms with Crippen molar-refractivity contribution in [3.63, 3.8) is 0 Å². The van der Waals surface area contributed by atoms with Crippen LogP contribution >= 0.6 is 0 Å². The van der Waals surface area contributed by atoms with Crippen LogP contribution in [0.2, 0.25) is 0 Å². The van der Waals surface area contributed by atoms with E-state index in [1.807, 2.05) is 0 Å². The largest absolute Gasteiger partial charge is 0.497 e. The number of alkyl halides is 3. The van der Waals surface area contributed by atoms with Crippen molar-refractivity contribution in [2.45, 2.75) is 38.2 Å². The van der Waals surface area contributed by atoms with E-state index in [0.717, 1.165) is 4.90 Å². The van der Waals surface area contributed by atoms with Crippen LogP contribution in [0.15, 0.2) is 24.3 Å². The lowest BCUT2D eigenvalue weighted by molar-refractivity contribution is -0.152. The highest BCUT2D eigenvalue weighted by atomic mass is 19.4. The Morgan fingerprint density at radius 3 is 2.24 bits per heavy atom. The van der Waals surface area contributed by atoms with Gasteiger partial charge in [-0.2, -0.15) is 13.2 Å². The minimum Gasteiger partial charge on any atom is -0.497 e. The van der Waals surface area contributed by atoms with E-state index in [1.165, 1.54) is 19.2 Å². The lowest BCUT2D eigenvalue weighted by atomic mass is 10.3. The Morgan fingerprint density at radius 2 is 1.81 bits per heavy atom. The predicted molar refractivity (Wildman–Crippen MR) is 70.3 cm³/mol. The Morgan fingerprint density at radius 1 is 1.24 bits per heavy atom. The van der Waals surface area contributed by atoms with E-state index in [9.17, 15) is 18.0 Å². The quantitative estimate of drug-likeness (QED) is 0.633. The SMILES string of the molecule is COc1ccc(N2[C@@H](C(=O)OC(C)C)[C@@H]2C(F)(F)F)cc1. The first kappa shape index (κ1) is 15.5. The van der Waals surface area contributed by atoms with Crippen LogP contribution in [0, 0.1) is 0 Å². The molecular weight excluding hydrogens is 287 g/mol. The highest BCUT2D eigenvalue weighted by Gasteiger charge is 2.67. The molecule has 1 aromatic carbocycles. The van der Waals surface area contributed by atoms with Crippen LogP contribution in [0.4, 0.5) is 18.9 Å². The lowest BCUT2D eigenvalue weighted by Gasteiger charge is -2.09. The number of rotatable bonds is 4. The smallest absolute Gasteiger partial charge is 0.411 e. The number of carbonyl (C=O) groups excluding carboxylic acids is 1. The number of hydrogen-bond donors (Lipinski definition) is 0. The average molecular weight is 303 g/mol. The first-order valence-electron chi connectivity index (χ1n) is 6.45. The van der Waals surface area contributed by atoms with Crippen molar-refractivity contribution in [3.8, 4) is 5.75 Å². The van der Waals surface area contributed by atoms with Gasteiger partial charge in [0, 0.05) is 5.69 Å². The summed E-state index contributed by atoms with van der Waals surface area (Å²) in [5.41, 5.74) is 0.309. The van der Waals surface area contributed by atoms with Crippen molar-refractivity contribution in [2.24, 2.45) is 0 Å². The third-order valence-corrected chi connectivity index (χ3v) is 3.11. The second-order valence-corrected chi connectivity index (χ2v) is 5.02. The molecule has 1 aliphatic rings. The fraction of sp³-hybridized carbons (Fsp3) is 0.500. The van der Waals surface area contributed by atoms with Gasteiger partial charge < -0.3 is 14.4 Å². The maximum atomic E-state index is 13.0. The zero-order chi connectivity index (χ0) is 15.8. The maximum absolute atomic E-state index is 13.0. The molecule has 1 aromatic rings. The second-order valence-electron chi connectivity index (χ2n) is 5.02. The molecule has 1 fully saturated rings. The van der Waals surface area contributed by atoms with Crippen LogP contribution in [-0.2, 0) is 9.53 Å². The van der Waals surface area contributed by atoms with Crippen LogP contribution in [0.1, 0.15) is 13.8 Å². The molecule has 1 aliphatic heterocycles. The van der Waals surface area contributed by atoms with Crippen LogP contribution in [0.25, 0.3) is 0 Å². The van der Waals surface area contributed by atoms with Crippen molar-refractivity contribution in [1.29, 1.82) is 0 Å². The topological polar surface area (TPSA) is 38.5 Å². The molecule has 2 rings (SSSR count). The molecule has 0 amide bonds. The molecule has 0 saturated carbocycles. The van der Waals surface area contributed by atoms with E-state index in [1.54, 1.807) is 26.0 Å². The number of carbonyl (C=O) groups is 1. The van der Waals surface area contributed by atoms with Gasteiger partial charge in [0.1, 0.15) is 5.75 Å². The summed E-state index contributed by atoms with van der Waals surface area (Å²) in [7, 11) is 1.47. The number of nitrogens with zero attached hydrogens (tertiary/aromatic N) is 1. The molecule has 2 atom stereocenters. The third kappa shape index (κ3) is 3.22. The van der Waals surface area contributed by atoms with Gasteiger partial charge in [-0.3, -0.25) is 0 Å². The zero-order valence-corrected chi connectivity index (χ0v) is 11.8. The van der Waals surface area contributed by atoms with Gasteiger partial charge in [0.15, 0.2) is 12.1 Å². The predicted octanol–water partition coefficient (Wildman–Crippen LogP) is 2.77. The van der Waals surface area contributed by atoms with Crippen molar-refractivity contribution < 1.29 is 27.4 Å². The number of ether oxygens (including phenoxy) is 2. The normalized spacial score (nSPS) is 21.4. The fourth-order valence-electron chi connectivity index (χ4n) is 2.19. The average Bonchev–Trinajstić information content (AvgIpc) is 3.13. The maximum Gasteiger partial charge on any atom is 0.411 e. The number of benzene rings is 1. The summed E-state index contributed by atoms with van der Waals surface area (Å²) in [5, 5.41) is 0. The van der Waals surface area contributed by atoms with Crippen molar-refractivity contribution in [2.75, 3.05) is 12.0 Å². The summed E-state index contributed by atoms with van der Waals surface area (Å²) in [4.78, 5) is 12.8. The van der Waals surface area contributed by atoms with Gasteiger partial charge in [-0.05, 0) is 38.1 Å². The van der Waals surface area contributed by atoms with Gasteiger partial charge in [-0.15, -0.1) is 0 Å². The highest BCUT2D eigenvalue weighted by Crippen LogP contribution is 2.45. The lowest BCUT2D eigenvalue weighted by Crippen LogP contribution is -2.25. The van der Waals surface area contributed by atoms with E-state index in [2.05, 4.69) is 0 Å². The van der Waals surface area contributed by atoms with Crippen LogP contribution < -0.4 is 9.64 Å². The van der Waals surface area contributed by atoms with E-state index in [-0.39, 0.29) is 0 Å². The molecule has 7 heteroatoms. The molecule has 0 N–H and O–H groups in total. The number of esters is 1. The molecule has 21 heavy (non-hydrogen) atoms. The van der Waals surface area contributed by atoms with Gasteiger partial charge in [0.25, 0.3) is 0 Å². The van der Waals surface area contributed by atoms with Gasteiger partial charge >= 0.3 is 12.1 Å². The van der Waals surface area contributed by atoms with Gasteiger partial charge in [0.05, 0.1) is 13.2 Å². The number of halogens is 3. The summed E-state index contributed by atoms with van der Waals surface area (Å²) in [6, 6.07) is 2.91. The number of hydrogen-bond acceptors (Lipinski definition) is 4. The Kier molecular flexibility index (Phi) is 4.02. The van der Waals surface area contributed by atoms with E-state index in [0.29, 0.717) is 11.4 Å². The Bertz CT molecular complexity index is 513. The fourth-order valence-corrected chi connectivity index (χ4v) is 2.19. The summed E-state index contributed by atoms with van der Waals surface area (Å²) in [5.74, 6) is -0.325. The highest BCUT2D eigenvalue weighted by molar-refractivity contribution is 5.88. The van der Waals surface area contributed by atoms with Crippen LogP contribution in [0.3, 0.4) is 0 Å². The van der Waals surface area contributed by atoms with Crippen molar-refractivity contribution >= 4 is 11.7 Å². The van der Waals surface area contributed by atoms with Gasteiger partial charge in [-0.1, -0.05) is 0 Å². The summed E-state index contributed by atoms with van der Waals surface area (Å²) in [6.07, 6.45) is -4.94. The molecule has 0 unspecified atom stereocenters. The Labute approximate surface area is 120 Å². The Balaban J connectivity index is 2.21. The molecule has 1 saturated heterocycles. The molecule has 0 aromatic heterocycles. The van der Waals surface area contributed by atoms with Gasteiger partial charge in [0.2, 0.25) is 0 Å². The molecule has 4 nitrogen and oxygen atoms in total. The molecule has 0 aliphatic carbocycles. The first-order valence-corrected chi connectivity index (χ1v) is 6.45. The van der Waals surface area contributed by atoms with Crippen molar-refractivity contribution in [1.82, 2.24) is 0 Å². The summed E-state index contributed by atoms with van der Waals surface area (Å²) in [6.45, 7) is 3.20. The first-order chi connectivity index (χ1) is 9.75. The zero-order valence-electron chi connectivity index (χ0n) is 11.8.